The van der Waals surface area contributed by atoms with Gasteiger partial charge in [0.05, 0.1) is 0 Å². The van der Waals surface area contributed by atoms with Gasteiger partial charge in [-0.3, -0.25) is 4.90 Å². The Morgan fingerprint density at radius 1 is 1.26 bits per heavy atom. The number of nitrogen functional groups attached to an aromatic ring is 1. The second kappa shape index (κ2) is 6.59. The predicted octanol–water partition coefficient (Wildman–Crippen LogP) is 2.00. The highest BCUT2D eigenvalue weighted by atomic mass is 79.9. The highest BCUT2D eigenvalue weighted by Crippen LogP contribution is 2.27. The number of hydrogen-bond acceptors (Lipinski definition) is 4. The maximum Gasteiger partial charge on any atom is 0.0489 e. The molecule has 1 fully saturated rings. The smallest absolute Gasteiger partial charge is 0.0489 e. The van der Waals surface area contributed by atoms with E-state index in [0.717, 1.165) is 34.5 Å². The lowest BCUT2D eigenvalue weighted by Crippen LogP contribution is -2.45. The van der Waals surface area contributed by atoms with Crippen molar-refractivity contribution < 1.29 is 0 Å². The number of benzene rings is 1. The van der Waals surface area contributed by atoms with E-state index < -0.39 is 0 Å². The number of aryl methyl sites for hydroxylation is 1. The highest BCUT2D eigenvalue weighted by molar-refractivity contribution is 9.10. The van der Waals surface area contributed by atoms with Gasteiger partial charge in [0.2, 0.25) is 0 Å². The normalized spacial score (nSPS) is 17.6. The largest absolute Gasteiger partial charge is 0.398 e. The van der Waals surface area contributed by atoms with Crippen LogP contribution in [-0.4, -0.2) is 56.1 Å². The molecule has 0 bridgehead atoms. The second-order valence-electron chi connectivity index (χ2n) is 5.26. The van der Waals surface area contributed by atoms with Crippen LogP contribution in [0.4, 0.5) is 11.4 Å². The van der Waals surface area contributed by atoms with Crippen molar-refractivity contribution in [2.45, 2.75) is 6.92 Å². The van der Waals surface area contributed by atoms with Crippen LogP contribution in [0.3, 0.4) is 0 Å². The molecule has 0 aromatic heterocycles. The molecule has 0 aliphatic carbocycles. The predicted molar refractivity (Wildman–Crippen MR) is 85.7 cm³/mol. The molecule has 1 heterocycles. The average molecular weight is 327 g/mol. The third kappa shape index (κ3) is 4.09. The lowest BCUT2D eigenvalue weighted by molar-refractivity contribution is 0.158. The number of rotatable bonds is 4. The molecular formula is C14H23BrN4. The van der Waals surface area contributed by atoms with Gasteiger partial charge in [-0.2, -0.15) is 0 Å². The summed E-state index contributed by atoms with van der Waals surface area (Å²) in [5.74, 6) is 0. The second-order valence-corrected chi connectivity index (χ2v) is 6.11. The number of nitrogens with one attached hydrogen (secondary N) is 1. The van der Waals surface area contributed by atoms with Crippen molar-refractivity contribution in [1.29, 1.82) is 0 Å². The van der Waals surface area contributed by atoms with Crippen LogP contribution in [0.15, 0.2) is 16.6 Å². The molecule has 106 valence electrons. The topological polar surface area (TPSA) is 44.5 Å². The van der Waals surface area contributed by atoms with Gasteiger partial charge in [0.1, 0.15) is 0 Å². The van der Waals surface area contributed by atoms with E-state index in [2.05, 4.69) is 44.2 Å². The monoisotopic (exact) mass is 326 g/mol. The Labute approximate surface area is 124 Å². The number of piperazine rings is 1. The first kappa shape index (κ1) is 14.6. The van der Waals surface area contributed by atoms with Gasteiger partial charge in [0.25, 0.3) is 0 Å². The van der Waals surface area contributed by atoms with Crippen molar-refractivity contribution in [2.75, 3.05) is 57.4 Å². The fraction of sp³-hybridized carbons (Fsp3) is 0.571. The molecule has 1 aromatic carbocycles. The van der Waals surface area contributed by atoms with Gasteiger partial charge < -0.3 is 16.0 Å². The fourth-order valence-electron chi connectivity index (χ4n) is 2.25. The number of anilines is 2. The highest BCUT2D eigenvalue weighted by Gasteiger charge is 2.13. The molecule has 0 saturated carbocycles. The van der Waals surface area contributed by atoms with Crippen LogP contribution in [0, 0.1) is 6.92 Å². The summed E-state index contributed by atoms with van der Waals surface area (Å²) in [4.78, 5) is 4.88. The molecule has 4 nitrogen and oxygen atoms in total. The standard InChI is InChI=1S/C14H23BrN4/c1-11-9-14(12(15)10-13(11)16)17-3-4-19-7-5-18(2)6-8-19/h9-10,17H,3-8,16H2,1-2H3. The first-order valence-electron chi connectivity index (χ1n) is 6.76. The first-order chi connectivity index (χ1) is 9.06. The minimum absolute atomic E-state index is 0.830. The summed E-state index contributed by atoms with van der Waals surface area (Å²) in [6.07, 6.45) is 0. The lowest BCUT2D eigenvalue weighted by atomic mass is 10.2. The third-order valence-electron chi connectivity index (χ3n) is 3.70. The maximum absolute atomic E-state index is 5.88. The number of nitrogens with zero attached hydrogens (tertiary/aromatic N) is 2. The Morgan fingerprint density at radius 2 is 1.95 bits per heavy atom. The minimum atomic E-state index is 0.830. The molecule has 0 spiro atoms. The summed E-state index contributed by atoms with van der Waals surface area (Å²) in [5, 5.41) is 3.48. The van der Waals surface area contributed by atoms with Crippen LogP contribution < -0.4 is 11.1 Å². The summed E-state index contributed by atoms with van der Waals surface area (Å²) >= 11 is 3.55. The fourth-order valence-corrected chi connectivity index (χ4v) is 2.75. The molecule has 0 atom stereocenters. The van der Waals surface area contributed by atoms with Gasteiger partial charge in [0, 0.05) is 55.1 Å². The SMILES string of the molecule is Cc1cc(NCCN2CCN(C)CC2)c(Br)cc1N. The van der Waals surface area contributed by atoms with Crippen LogP contribution >= 0.6 is 15.9 Å². The van der Waals surface area contributed by atoms with Crippen molar-refractivity contribution in [2.24, 2.45) is 0 Å². The van der Waals surface area contributed by atoms with E-state index in [0.29, 0.717) is 0 Å². The Bertz CT molecular complexity index is 428. The quantitative estimate of drug-likeness (QED) is 0.831. The first-order valence-corrected chi connectivity index (χ1v) is 7.56. The molecule has 0 unspecified atom stereocenters. The number of hydrogen-bond donors (Lipinski definition) is 2. The van der Waals surface area contributed by atoms with Crippen LogP contribution in [0.5, 0.6) is 0 Å². The Balaban J connectivity index is 1.81. The molecule has 19 heavy (non-hydrogen) atoms. The number of nitrogens with two attached hydrogens (primary N) is 1. The van der Waals surface area contributed by atoms with E-state index in [1.54, 1.807) is 0 Å². The average Bonchev–Trinajstić information content (AvgIpc) is 2.38. The lowest BCUT2D eigenvalue weighted by Gasteiger charge is -2.32. The van der Waals surface area contributed by atoms with Crippen molar-refractivity contribution in [3.63, 3.8) is 0 Å². The molecule has 1 saturated heterocycles. The Kier molecular flexibility index (Phi) is 5.07. The van der Waals surface area contributed by atoms with E-state index in [4.69, 9.17) is 5.73 Å². The Morgan fingerprint density at radius 3 is 2.63 bits per heavy atom. The van der Waals surface area contributed by atoms with Gasteiger partial charge >= 0.3 is 0 Å². The number of halogens is 1. The van der Waals surface area contributed by atoms with Gasteiger partial charge in [0.15, 0.2) is 0 Å². The van der Waals surface area contributed by atoms with Crippen molar-refractivity contribution in [1.82, 2.24) is 9.80 Å². The molecule has 0 amide bonds. The van der Waals surface area contributed by atoms with Crippen molar-refractivity contribution >= 4 is 27.3 Å². The van der Waals surface area contributed by atoms with Crippen LogP contribution in [-0.2, 0) is 0 Å². The summed E-state index contributed by atoms with van der Waals surface area (Å²) in [6, 6.07) is 4.07. The number of likely N-dealkylation sites (N-methyl/N-ethyl adjacent to an activating group) is 1. The molecule has 0 radical (unpaired) electrons. The Hall–Kier alpha value is -0.780. The molecule has 1 aromatic rings. The molecule has 2 rings (SSSR count). The molecule has 5 heteroatoms. The van der Waals surface area contributed by atoms with Crippen LogP contribution in [0.25, 0.3) is 0 Å². The minimum Gasteiger partial charge on any atom is -0.398 e. The third-order valence-corrected chi connectivity index (χ3v) is 4.35. The van der Waals surface area contributed by atoms with E-state index in [1.807, 2.05) is 13.0 Å². The molecule has 1 aliphatic heterocycles. The molecule has 1 aliphatic rings. The summed E-state index contributed by atoms with van der Waals surface area (Å²) in [6.45, 7) is 8.76. The van der Waals surface area contributed by atoms with Gasteiger partial charge in [-0.1, -0.05) is 0 Å². The van der Waals surface area contributed by atoms with E-state index >= 15 is 0 Å². The van der Waals surface area contributed by atoms with Crippen molar-refractivity contribution in [3.05, 3.63) is 22.2 Å². The van der Waals surface area contributed by atoms with Gasteiger partial charge in [-0.15, -0.1) is 0 Å². The zero-order chi connectivity index (χ0) is 13.8. The van der Waals surface area contributed by atoms with Gasteiger partial charge in [-0.25, -0.2) is 0 Å². The zero-order valence-electron chi connectivity index (χ0n) is 11.7. The van der Waals surface area contributed by atoms with Crippen LogP contribution in [0.1, 0.15) is 5.56 Å². The van der Waals surface area contributed by atoms with E-state index in [1.165, 1.54) is 26.2 Å². The zero-order valence-corrected chi connectivity index (χ0v) is 13.3. The molecule has 3 N–H and O–H groups in total. The van der Waals surface area contributed by atoms with E-state index in [-0.39, 0.29) is 0 Å². The summed E-state index contributed by atoms with van der Waals surface area (Å²) in [5.41, 5.74) is 8.95. The van der Waals surface area contributed by atoms with Crippen molar-refractivity contribution in [3.8, 4) is 0 Å². The van der Waals surface area contributed by atoms with E-state index in [9.17, 15) is 0 Å². The van der Waals surface area contributed by atoms with Crippen LogP contribution in [0.2, 0.25) is 0 Å². The summed E-state index contributed by atoms with van der Waals surface area (Å²) in [7, 11) is 2.18. The molecular weight excluding hydrogens is 304 g/mol. The maximum atomic E-state index is 5.88. The van der Waals surface area contributed by atoms with Gasteiger partial charge in [-0.05, 0) is 47.6 Å². The summed E-state index contributed by atoms with van der Waals surface area (Å²) < 4.78 is 1.04.